The minimum absolute atomic E-state index is 0.746. The normalized spacial score (nSPS) is 10.4. The van der Waals surface area contributed by atoms with Crippen LogP contribution in [0.1, 0.15) is 11.1 Å². The Hall–Kier alpha value is -1.47. The van der Waals surface area contributed by atoms with Gasteiger partial charge in [0.2, 0.25) is 0 Å². The van der Waals surface area contributed by atoms with Gasteiger partial charge in [-0.1, -0.05) is 35.9 Å². The minimum atomic E-state index is 0.746. The molecule has 0 unspecified atom stereocenters. The number of nitrogen functional groups attached to an aromatic ring is 1. The molecule has 2 heteroatoms. The van der Waals surface area contributed by atoms with Crippen LogP contribution in [0.2, 0.25) is 5.02 Å². The molecule has 0 aliphatic heterocycles. The predicted octanol–water partition coefficient (Wildman–Crippen LogP) is 4.21. The van der Waals surface area contributed by atoms with Crippen molar-refractivity contribution in [2.45, 2.75) is 13.8 Å². The molecule has 0 radical (unpaired) electrons. The summed E-state index contributed by atoms with van der Waals surface area (Å²) in [4.78, 5) is 0. The van der Waals surface area contributed by atoms with E-state index in [0.29, 0.717) is 0 Å². The zero-order valence-corrected chi connectivity index (χ0v) is 10.2. The topological polar surface area (TPSA) is 26.0 Å². The second-order valence-corrected chi connectivity index (χ2v) is 4.48. The van der Waals surface area contributed by atoms with Gasteiger partial charge < -0.3 is 5.73 Å². The highest BCUT2D eigenvalue weighted by Crippen LogP contribution is 2.32. The summed E-state index contributed by atoms with van der Waals surface area (Å²) in [6.45, 7) is 4.05. The molecule has 0 aromatic heterocycles. The molecule has 0 fully saturated rings. The van der Waals surface area contributed by atoms with Gasteiger partial charge in [0.15, 0.2) is 0 Å². The smallest absolute Gasteiger partial charge is 0.0487 e. The molecule has 0 bridgehead atoms. The standard InChI is InChI=1S/C14H14ClN/c1-9-3-5-11(13(15)7-9)12-6-4-10(2)8-14(12)16/h3-8H,16H2,1-2H3. The van der Waals surface area contributed by atoms with Crippen molar-refractivity contribution in [2.24, 2.45) is 0 Å². The van der Waals surface area contributed by atoms with E-state index in [1.54, 1.807) is 0 Å². The first-order chi connectivity index (χ1) is 7.58. The van der Waals surface area contributed by atoms with Crippen LogP contribution in [0.3, 0.4) is 0 Å². The third-order valence-electron chi connectivity index (χ3n) is 2.62. The van der Waals surface area contributed by atoms with E-state index in [4.69, 9.17) is 17.3 Å². The van der Waals surface area contributed by atoms with Gasteiger partial charge >= 0.3 is 0 Å². The first-order valence-electron chi connectivity index (χ1n) is 5.20. The van der Waals surface area contributed by atoms with Gasteiger partial charge in [-0.15, -0.1) is 0 Å². The van der Waals surface area contributed by atoms with Gasteiger partial charge in [-0.3, -0.25) is 0 Å². The van der Waals surface area contributed by atoms with Gasteiger partial charge in [0, 0.05) is 21.8 Å². The summed E-state index contributed by atoms with van der Waals surface area (Å²) in [6.07, 6.45) is 0. The SMILES string of the molecule is Cc1ccc(-c2ccc(C)cc2Cl)c(N)c1. The molecule has 2 aromatic carbocycles. The van der Waals surface area contributed by atoms with Crippen molar-refractivity contribution >= 4 is 17.3 Å². The van der Waals surface area contributed by atoms with Gasteiger partial charge in [-0.2, -0.15) is 0 Å². The van der Waals surface area contributed by atoms with E-state index in [9.17, 15) is 0 Å². The van der Waals surface area contributed by atoms with Crippen molar-refractivity contribution in [3.63, 3.8) is 0 Å². The van der Waals surface area contributed by atoms with Crippen molar-refractivity contribution in [3.8, 4) is 11.1 Å². The molecule has 82 valence electrons. The Bertz CT molecular complexity index is 483. The van der Waals surface area contributed by atoms with E-state index in [-0.39, 0.29) is 0 Å². The Morgan fingerprint density at radius 3 is 2.00 bits per heavy atom. The molecule has 0 amide bonds. The number of aryl methyl sites for hydroxylation is 2. The molecule has 0 aliphatic rings. The highest BCUT2D eigenvalue weighted by atomic mass is 35.5. The van der Waals surface area contributed by atoms with Gasteiger partial charge in [-0.05, 0) is 37.1 Å². The number of hydrogen-bond donors (Lipinski definition) is 1. The van der Waals surface area contributed by atoms with Crippen molar-refractivity contribution in [3.05, 3.63) is 52.5 Å². The molecule has 0 spiro atoms. The number of benzene rings is 2. The van der Waals surface area contributed by atoms with Crippen LogP contribution in [0.25, 0.3) is 11.1 Å². The summed E-state index contributed by atoms with van der Waals surface area (Å²) in [6, 6.07) is 12.0. The van der Waals surface area contributed by atoms with Crippen molar-refractivity contribution in [1.29, 1.82) is 0 Å². The van der Waals surface area contributed by atoms with Gasteiger partial charge in [-0.25, -0.2) is 0 Å². The maximum absolute atomic E-state index is 6.22. The maximum Gasteiger partial charge on any atom is 0.0487 e. The van der Waals surface area contributed by atoms with E-state index < -0.39 is 0 Å². The highest BCUT2D eigenvalue weighted by molar-refractivity contribution is 6.33. The van der Waals surface area contributed by atoms with E-state index in [2.05, 4.69) is 0 Å². The average molecular weight is 232 g/mol. The summed E-state index contributed by atoms with van der Waals surface area (Å²) in [7, 11) is 0. The fraction of sp³-hybridized carbons (Fsp3) is 0.143. The van der Waals surface area contributed by atoms with Crippen LogP contribution >= 0.6 is 11.6 Å². The number of hydrogen-bond acceptors (Lipinski definition) is 1. The van der Waals surface area contributed by atoms with Crippen LogP contribution in [-0.2, 0) is 0 Å². The summed E-state index contributed by atoms with van der Waals surface area (Å²) < 4.78 is 0. The van der Waals surface area contributed by atoms with Gasteiger partial charge in [0.1, 0.15) is 0 Å². The number of rotatable bonds is 1. The fourth-order valence-corrected chi connectivity index (χ4v) is 2.10. The largest absolute Gasteiger partial charge is 0.398 e. The lowest BCUT2D eigenvalue weighted by Crippen LogP contribution is -1.91. The first kappa shape index (κ1) is 11.0. The second-order valence-electron chi connectivity index (χ2n) is 4.07. The van der Waals surface area contributed by atoms with Crippen LogP contribution in [0.4, 0.5) is 5.69 Å². The summed E-state index contributed by atoms with van der Waals surface area (Å²) in [5.74, 6) is 0. The molecule has 0 aliphatic carbocycles. The van der Waals surface area contributed by atoms with Crippen LogP contribution in [0.5, 0.6) is 0 Å². The number of halogens is 1. The number of nitrogens with two attached hydrogens (primary N) is 1. The molecular formula is C14H14ClN. The summed E-state index contributed by atoms with van der Waals surface area (Å²) >= 11 is 6.22. The lowest BCUT2D eigenvalue weighted by Gasteiger charge is -2.09. The van der Waals surface area contributed by atoms with E-state index >= 15 is 0 Å². The quantitative estimate of drug-likeness (QED) is 0.732. The van der Waals surface area contributed by atoms with Crippen LogP contribution < -0.4 is 5.73 Å². The van der Waals surface area contributed by atoms with E-state index in [0.717, 1.165) is 33.0 Å². The maximum atomic E-state index is 6.22. The van der Waals surface area contributed by atoms with Crippen molar-refractivity contribution in [1.82, 2.24) is 0 Å². The van der Waals surface area contributed by atoms with Gasteiger partial charge in [0.25, 0.3) is 0 Å². The fourth-order valence-electron chi connectivity index (χ4n) is 1.77. The monoisotopic (exact) mass is 231 g/mol. The van der Waals surface area contributed by atoms with E-state index in [1.165, 1.54) is 0 Å². The minimum Gasteiger partial charge on any atom is -0.398 e. The number of anilines is 1. The molecule has 2 rings (SSSR count). The second kappa shape index (κ2) is 4.18. The summed E-state index contributed by atoms with van der Waals surface area (Å²) in [5.41, 5.74) is 11.1. The molecule has 2 N–H and O–H groups in total. The molecule has 0 saturated heterocycles. The predicted molar refractivity (Wildman–Crippen MR) is 70.8 cm³/mol. The molecule has 0 saturated carbocycles. The average Bonchev–Trinajstić information content (AvgIpc) is 2.19. The zero-order chi connectivity index (χ0) is 11.7. The Morgan fingerprint density at radius 1 is 0.875 bits per heavy atom. The van der Waals surface area contributed by atoms with Gasteiger partial charge in [0.05, 0.1) is 0 Å². The highest BCUT2D eigenvalue weighted by Gasteiger charge is 2.06. The molecule has 0 heterocycles. The third-order valence-corrected chi connectivity index (χ3v) is 2.93. The molecular weight excluding hydrogens is 218 g/mol. The Balaban J connectivity index is 2.59. The molecule has 16 heavy (non-hydrogen) atoms. The summed E-state index contributed by atoms with van der Waals surface area (Å²) in [5, 5.41) is 0.746. The van der Waals surface area contributed by atoms with Crippen LogP contribution in [0.15, 0.2) is 36.4 Å². The Labute approximate surface area is 101 Å². The van der Waals surface area contributed by atoms with Crippen LogP contribution in [-0.4, -0.2) is 0 Å². The zero-order valence-electron chi connectivity index (χ0n) is 9.42. The first-order valence-corrected chi connectivity index (χ1v) is 5.58. The third kappa shape index (κ3) is 2.05. The Morgan fingerprint density at radius 2 is 1.44 bits per heavy atom. The lowest BCUT2D eigenvalue weighted by molar-refractivity contribution is 1.45. The lowest BCUT2D eigenvalue weighted by atomic mass is 10.0. The molecule has 1 nitrogen and oxygen atoms in total. The van der Waals surface area contributed by atoms with Crippen molar-refractivity contribution < 1.29 is 0 Å². The van der Waals surface area contributed by atoms with E-state index in [1.807, 2.05) is 50.2 Å². The Kier molecular flexibility index (Phi) is 2.88. The van der Waals surface area contributed by atoms with Crippen LogP contribution in [0, 0.1) is 13.8 Å². The van der Waals surface area contributed by atoms with Crippen molar-refractivity contribution in [2.75, 3.05) is 5.73 Å². The molecule has 0 atom stereocenters. The molecule has 2 aromatic rings.